The average Bonchev–Trinajstić information content (AvgIpc) is 2.26. The number of hydrogen-bond acceptors (Lipinski definition) is 6. The van der Waals surface area contributed by atoms with E-state index in [9.17, 15) is 9.59 Å². The number of ether oxygens (including phenoxy) is 1. The van der Waals surface area contributed by atoms with Gasteiger partial charge in [0, 0.05) is 6.07 Å². The number of carbonyl (C=O) groups is 2. The fourth-order valence-corrected chi connectivity index (χ4v) is 1.27. The molecule has 8 nitrogen and oxygen atoms in total. The number of rotatable bonds is 6. The lowest BCUT2D eigenvalue weighted by Crippen LogP contribution is -2.32. The number of aryl methyl sites for hydroxylation is 1. The fourth-order valence-electron chi connectivity index (χ4n) is 1.27. The highest BCUT2D eigenvalue weighted by Crippen LogP contribution is 2.14. The third kappa shape index (κ3) is 3.89. The van der Waals surface area contributed by atoms with E-state index in [1.807, 2.05) is 0 Å². The number of hydrogen-bond donors (Lipinski definition) is 3. The Hall–Kier alpha value is -2.38. The molecule has 1 heterocycles. The third-order valence-corrected chi connectivity index (χ3v) is 2.02. The molecule has 3 N–H and O–H groups in total. The summed E-state index contributed by atoms with van der Waals surface area (Å²) in [6.07, 6.45) is -0.555. The average molecular weight is 255 g/mol. The standard InChI is InChI=1S/C10H13N3O5/c1-5-11-7(4-8(12-5)18-2)13-6(10(16)17)3-9(14)15/h4,6H,3H2,1-2H3,(H,14,15)(H,16,17)(H,11,12,13). The van der Waals surface area contributed by atoms with E-state index in [0.717, 1.165) is 0 Å². The highest BCUT2D eigenvalue weighted by atomic mass is 16.5. The van der Waals surface area contributed by atoms with Crippen LogP contribution in [0.4, 0.5) is 5.82 Å². The summed E-state index contributed by atoms with van der Waals surface area (Å²) < 4.78 is 4.90. The van der Waals surface area contributed by atoms with Crippen molar-refractivity contribution in [2.24, 2.45) is 0 Å². The Labute approximate surface area is 103 Å². The largest absolute Gasteiger partial charge is 0.481 e. The number of aliphatic carboxylic acids is 2. The first kappa shape index (κ1) is 13.7. The number of anilines is 1. The molecular formula is C10H13N3O5. The summed E-state index contributed by atoms with van der Waals surface area (Å²) in [5.41, 5.74) is 0. The summed E-state index contributed by atoms with van der Waals surface area (Å²) in [6, 6.07) is 0.131. The van der Waals surface area contributed by atoms with E-state index in [1.54, 1.807) is 6.92 Å². The molecule has 1 atom stereocenters. The maximum atomic E-state index is 10.9. The predicted octanol–water partition coefficient (Wildman–Crippen LogP) is 0.133. The molecule has 0 aliphatic carbocycles. The van der Waals surface area contributed by atoms with E-state index < -0.39 is 24.4 Å². The summed E-state index contributed by atoms with van der Waals surface area (Å²) in [4.78, 5) is 29.3. The van der Waals surface area contributed by atoms with Crippen LogP contribution < -0.4 is 10.1 Å². The van der Waals surface area contributed by atoms with Crippen LogP contribution in [0.1, 0.15) is 12.2 Å². The molecule has 0 fully saturated rings. The lowest BCUT2D eigenvalue weighted by molar-refractivity contribution is -0.144. The van der Waals surface area contributed by atoms with Crippen LogP contribution in [0.2, 0.25) is 0 Å². The number of aromatic nitrogens is 2. The normalized spacial score (nSPS) is 11.7. The van der Waals surface area contributed by atoms with E-state index in [1.165, 1.54) is 13.2 Å². The highest BCUT2D eigenvalue weighted by molar-refractivity contribution is 5.83. The van der Waals surface area contributed by atoms with Crippen molar-refractivity contribution in [3.63, 3.8) is 0 Å². The van der Waals surface area contributed by atoms with Crippen LogP contribution in [0.25, 0.3) is 0 Å². The Balaban J connectivity index is 2.89. The third-order valence-electron chi connectivity index (χ3n) is 2.02. The van der Waals surface area contributed by atoms with Crippen LogP contribution in [0.3, 0.4) is 0 Å². The summed E-state index contributed by atoms with van der Waals surface area (Å²) in [5, 5.41) is 20.0. The second-order valence-corrected chi connectivity index (χ2v) is 3.48. The Morgan fingerprint density at radius 3 is 2.61 bits per heavy atom. The minimum atomic E-state index is -1.27. The number of nitrogens with zero attached hydrogens (tertiary/aromatic N) is 2. The van der Waals surface area contributed by atoms with Crippen LogP contribution in [-0.2, 0) is 9.59 Å². The van der Waals surface area contributed by atoms with Crippen LogP contribution in [0.15, 0.2) is 6.07 Å². The maximum absolute atomic E-state index is 10.9. The molecule has 0 saturated carbocycles. The molecule has 0 amide bonds. The summed E-state index contributed by atoms with van der Waals surface area (Å²) in [7, 11) is 1.41. The van der Waals surface area contributed by atoms with Gasteiger partial charge in [0.15, 0.2) is 0 Å². The Morgan fingerprint density at radius 2 is 2.11 bits per heavy atom. The van der Waals surface area contributed by atoms with E-state index in [-0.39, 0.29) is 11.7 Å². The zero-order valence-electron chi connectivity index (χ0n) is 9.88. The molecule has 0 saturated heterocycles. The molecule has 1 unspecified atom stereocenters. The molecule has 0 radical (unpaired) electrons. The van der Waals surface area contributed by atoms with Gasteiger partial charge in [-0.2, -0.15) is 4.98 Å². The zero-order valence-corrected chi connectivity index (χ0v) is 9.88. The first-order valence-electron chi connectivity index (χ1n) is 5.03. The predicted molar refractivity (Wildman–Crippen MR) is 60.6 cm³/mol. The monoisotopic (exact) mass is 255 g/mol. The van der Waals surface area contributed by atoms with Crippen molar-refractivity contribution in [1.82, 2.24) is 9.97 Å². The van der Waals surface area contributed by atoms with Gasteiger partial charge in [0.05, 0.1) is 13.5 Å². The smallest absolute Gasteiger partial charge is 0.326 e. The minimum Gasteiger partial charge on any atom is -0.481 e. The summed E-state index contributed by atoms with van der Waals surface area (Å²) in [6.45, 7) is 1.61. The molecule has 1 aromatic rings. The van der Waals surface area contributed by atoms with Crippen LogP contribution in [-0.4, -0.2) is 45.3 Å². The molecule has 98 valence electrons. The molecular weight excluding hydrogens is 242 g/mol. The van der Waals surface area contributed by atoms with E-state index in [0.29, 0.717) is 5.82 Å². The van der Waals surface area contributed by atoms with Gasteiger partial charge in [-0.3, -0.25) is 4.79 Å². The lowest BCUT2D eigenvalue weighted by Gasteiger charge is -2.13. The van der Waals surface area contributed by atoms with E-state index in [2.05, 4.69) is 15.3 Å². The molecule has 18 heavy (non-hydrogen) atoms. The van der Waals surface area contributed by atoms with Gasteiger partial charge in [0.25, 0.3) is 0 Å². The van der Waals surface area contributed by atoms with Gasteiger partial charge in [-0.25, -0.2) is 9.78 Å². The Kier molecular flexibility index (Phi) is 4.41. The molecule has 0 aliphatic rings. The van der Waals surface area contributed by atoms with Gasteiger partial charge in [0.2, 0.25) is 5.88 Å². The first-order chi connectivity index (χ1) is 8.42. The van der Waals surface area contributed by atoms with Gasteiger partial charge in [-0.1, -0.05) is 0 Å². The van der Waals surface area contributed by atoms with Gasteiger partial charge < -0.3 is 20.3 Å². The number of methoxy groups -OCH3 is 1. The van der Waals surface area contributed by atoms with Crippen LogP contribution in [0.5, 0.6) is 5.88 Å². The molecule has 0 bridgehead atoms. The van der Waals surface area contributed by atoms with Crippen molar-refractivity contribution in [1.29, 1.82) is 0 Å². The number of carboxylic acids is 2. The highest BCUT2D eigenvalue weighted by Gasteiger charge is 2.21. The number of nitrogens with one attached hydrogen (secondary N) is 1. The van der Waals surface area contributed by atoms with Gasteiger partial charge in [-0.15, -0.1) is 0 Å². The first-order valence-corrected chi connectivity index (χ1v) is 5.03. The Morgan fingerprint density at radius 1 is 1.44 bits per heavy atom. The summed E-state index contributed by atoms with van der Waals surface area (Å²) in [5.74, 6) is -1.63. The van der Waals surface area contributed by atoms with Gasteiger partial charge in [-0.05, 0) is 6.92 Å². The van der Waals surface area contributed by atoms with Crippen molar-refractivity contribution in [2.45, 2.75) is 19.4 Å². The second kappa shape index (κ2) is 5.80. The lowest BCUT2D eigenvalue weighted by atomic mass is 10.2. The molecule has 1 rings (SSSR count). The van der Waals surface area contributed by atoms with Crippen molar-refractivity contribution < 1.29 is 24.5 Å². The second-order valence-electron chi connectivity index (χ2n) is 3.48. The Bertz CT molecular complexity index is 463. The van der Waals surface area contributed by atoms with Crippen molar-refractivity contribution in [2.75, 3.05) is 12.4 Å². The summed E-state index contributed by atoms with van der Waals surface area (Å²) >= 11 is 0. The zero-order chi connectivity index (χ0) is 13.7. The topological polar surface area (TPSA) is 122 Å². The fraction of sp³-hybridized carbons (Fsp3) is 0.400. The molecule has 8 heteroatoms. The molecule has 0 aliphatic heterocycles. The van der Waals surface area contributed by atoms with Crippen molar-refractivity contribution in [3.05, 3.63) is 11.9 Å². The maximum Gasteiger partial charge on any atom is 0.326 e. The van der Waals surface area contributed by atoms with E-state index >= 15 is 0 Å². The van der Waals surface area contributed by atoms with Gasteiger partial charge in [0.1, 0.15) is 17.7 Å². The molecule has 1 aromatic heterocycles. The molecule has 0 spiro atoms. The van der Waals surface area contributed by atoms with Crippen molar-refractivity contribution >= 4 is 17.8 Å². The molecule has 0 aromatic carbocycles. The van der Waals surface area contributed by atoms with Gasteiger partial charge >= 0.3 is 11.9 Å². The van der Waals surface area contributed by atoms with E-state index in [4.69, 9.17) is 14.9 Å². The van der Waals surface area contributed by atoms with Crippen molar-refractivity contribution in [3.8, 4) is 5.88 Å². The minimum absolute atomic E-state index is 0.202. The quantitative estimate of drug-likeness (QED) is 0.655. The SMILES string of the molecule is COc1cc(NC(CC(=O)O)C(=O)O)nc(C)n1. The van der Waals surface area contributed by atoms with Crippen LogP contribution in [0, 0.1) is 6.92 Å². The number of carboxylic acid groups (broad SMARTS) is 2. The van der Waals surface area contributed by atoms with Crippen LogP contribution >= 0.6 is 0 Å².